The van der Waals surface area contributed by atoms with Gasteiger partial charge in [-0.25, -0.2) is 4.21 Å². The molecule has 1 aromatic rings. The highest BCUT2D eigenvalue weighted by molar-refractivity contribution is 7.80. The van der Waals surface area contributed by atoms with E-state index in [4.69, 9.17) is 4.55 Å². The maximum atomic E-state index is 10.1. The van der Waals surface area contributed by atoms with E-state index in [9.17, 15) is 4.21 Å². The molecule has 1 aromatic heterocycles. The summed E-state index contributed by atoms with van der Waals surface area (Å²) >= 11 is -2.07. The van der Waals surface area contributed by atoms with Crippen molar-refractivity contribution in [2.24, 2.45) is 0 Å². The minimum Gasteiger partial charge on any atom is -0.289 e. The Hall–Kier alpha value is -1.01. The topological polar surface area (TPSA) is 75.1 Å². The average Bonchev–Trinajstić information content (AvgIpc) is 1.88. The Balaban J connectivity index is 2.67. The van der Waals surface area contributed by atoms with Crippen LogP contribution in [-0.4, -0.2) is 19.0 Å². The fraction of sp³-hybridized carbons (Fsp3) is 0. The summed E-state index contributed by atoms with van der Waals surface area (Å²) < 4.78 is 20.6. The van der Waals surface area contributed by atoms with Gasteiger partial charge < -0.3 is 0 Å². The van der Waals surface area contributed by atoms with Gasteiger partial charge >= 0.3 is 0 Å². The summed E-state index contributed by atoms with van der Waals surface area (Å²) in [6.07, 6.45) is 1.48. The van der Waals surface area contributed by atoms with E-state index in [1.807, 2.05) is 0 Å². The predicted molar refractivity (Wildman–Crippen MR) is 36.4 cm³/mol. The lowest BCUT2D eigenvalue weighted by Gasteiger charge is -1.95. The van der Waals surface area contributed by atoms with E-state index in [1.165, 1.54) is 6.20 Å². The van der Waals surface area contributed by atoms with Gasteiger partial charge in [-0.15, -0.1) is 5.10 Å². The molecular weight excluding hydrogens is 154 g/mol. The van der Waals surface area contributed by atoms with Crippen molar-refractivity contribution in [3.05, 3.63) is 18.3 Å². The van der Waals surface area contributed by atoms with Crippen molar-refractivity contribution in [1.29, 1.82) is 0 Å². The summed E-state index contributed by atoms with van der Waals surface area (Å²) in [6.45, 7) is 0. The van der Waals surface area contributed by atoms with Crippen LogP contribution in [0.5, 0.6) is 0 Å². The molecule has 1 heterocycles. The Morgan fingerprint density at radius 2 is 2.50 bits per heavy atom. The van der Waals surface area contributed by atoms with Gasteiger partial charge in [-0.2, -0.15) is 5.10 Å². The van der Waals surface area contributed by atoms with Crippen molar-refractivity contribution in [2.45, 2.75) is 0 Å². The molecule has 0 fully saturated rings. The normalized spacial score (nSPS) is 12.5. The molecule has 0 aliphatic heterocycles. The molecule has 1 atom stereocenters. The van der Waals surface area contributed by atoms with Crippen LogP contribution in [0.4, 0.5) is 5.82 Å². The van der Waals surface area contributed by atoms with E-state index in [2.05, 4.69) is 14.9 Å². The third kappa shape index (κ3) is 2.08. The number of anilines is 1. The molecule has 0 aliphatic carbocycles. The van der Waals surface area contributed by atoms with Gasteiger partial charge in [0.1, 0.15) is 0 Å². The Kier molecular flexibility index (Phi) is 2.30. The third-order valence-electron chi connectivity index (χ3n) is 0.764. The third-order valence-corrected chi connectivity index (χ3v) is 1.15. The van der Waals surface area contributed by atoms with Gasteiger partial charge in [-0.1, -0.05) is 0 Å². The first-order valence-electron chi connectivity index (χ1n) is 2.44. The smallest absolute Gasteiger partial charge is 0.260 e. The molecule has 5 nitrogen and oxygen atoms in total. The zero-order valence-electron chi connectivity index (χ0n) is 4.89. The second-order valence-electron chi connectivity index (χ2n) is 1.46. The molecule has 10 heavy (non-hydrogen) atoms. The summed E-state index contributed by atoms with van der Waals surface area (Å²) in [5.41, 5.74) is 0. The summed E-state index contributed by atoms with van der Waals surface area (Å²) in [7, 11) is 0. The van der Waals surface area contributed by atoms with Crippen LogP contribution < -0.4 is 4.72 Å². The first kappa shape index (κ1) is 7.10. The molecule has 0 amide bonds. The maximum Gasteiger partial charge on any atom is 0.260 e. The number of hydrogen-bond donors (Lipinski definition) is 2. The highest BCUT2D eigenvalue weighted by atomic mass is 32.2. The molecule has 0 saturated heterocycles. The SMILES string of the molecule is O=S(O)Nc1cccnn1. The van der Waals surface area contributed by atoms with E-state index in [-0.39, 0.29) is 5.82 Å². The monoisotopic (exact) mass is 159 g/mol. The maximum absolute atomic E-state index is 10.1. The van der Waals surface area contributed by atoms with Crippen molar-refractivity contribution < 1.29 is 8.76 Å². The first-order valence-corrected chi connectivity index (χ1v) is 3.55. The number of nitrogens with one attached hydrogen (secondary N) is 1. The second kappa shape index (κ2) is 3.23. The largest absolute Gasteiger partial charge is 0.289 e. The Morgan fingerprint density at radius 1 is 1.70 bits per heavy atom. The van der Waals surface area contributed by atoms with Crippen LogP contribution >= 0.6 is 0 Å². The van der Waals surface area contributed by atoms with Crippen molar-refractivity contribution in [3.63, 3.8) is 0 Å². The zero-order chi connectivity index (χ0) is 7.40. The van der Waals surface area contributed by atoms with Crippen LogP contribution in [0.1, 0.15) is 0 Å². The fourth-order valence-electron chi connectivity index (χ4n) is 0.445. The summed E-state index contributed by atoms with van der Waals surface area (Å²) in [4.78, 5) is 0. The Bertz CT molecular complexity index is 227. The van der Waals surface area contributed by atoms with E-state index in [0.717, 1.165) is 0 Å². The summed E-state index contributed by atoms with van der Waals surface area (Å²) in [5, 5.41) is 6.98. The molecule has 0 aliphatic rings. The van der Waals surface area contributed by atoms with Crippen molar-refractivity contribution >= 4 is 17.1 Å². The molecular formula is C4H5N3O2S. The van der Waals surface area contributed by atoms with Gasteiger partial charge in [0.15, 0.2) is 5.82 Å². The van der Waals surface area contributed by atoms with Crippen LogP contribution in [0.3, 0.4) is 0 Å². The van der Waals surface area contributed by atoms with Gasteiger partial charge in [-0.05, 0) is 12.1 Å². The van der Waals surface area contributed by atoms with Crippen molar-refractivity contribution in [2.75, 3.05) is 4.72 Å². The van der Waals surface area contributed by atoms with Gasteiger partial charge in [0.05, 0.1) is 0 Å². The van der Waals surface area contributed by atoms with Gasteiger partial charge in [0.25, 0.3) is 11.3 Å². The van der Waals surface area contributed by atoms with E-state index < -0.39 is 11.3 Å². The molecule has 0 saturated carbocycles. The van der Waals surface area contributed by atoms with Crippen LogP contribution in [0.15, 0.2) is 18.3 Å². The fourth-order valence-corrected chi connectivity index (χ4v) is 0.733. The highest BCUT2D eigenvalue weighted by Crippen LogP contribution is 1.96. The van der Waals surface area contributed by atoms with Crippen LogP contribution in [0, 0.1) is 0 Å². The van der Waals surface area contributed by atoms with E-state index >= 15 is 0 Å². The Labute approximate surface area is 59.9 Å². The molecule has 1 rings (SSSR count). The summed E-state index contributed by atoms with van der Waals surface area (Å²) in [6, 6.07) is 3.16. The van der Waals surface area contributed by atoms with E-state index in [1.54, 1.807) is 12.1 Å². The first-order chi connectivity index (χ1) is 4.79. The number of rotatable bonds is 2. The molecule has 2 N–H and O–H groups in total. The molecule has 54 valence electrons. The predicted octanol–water partition coefficient (Wildman–Crippen LogP) is 0.0252. The Morgan fingerprint density at radius 3 is 3.00 bits per heavy atom. The molecule has 6 heteroatoms. The molecule has 0 aromatic carbocycles. The van der Waals surface area contributed by atoms with Gasteiger partial charge in [0.2, 0.25) is 0 Å². The highest BCUT2D eigenvalue weighted by Gasteiger charge is 1.93. The van der Waals surface area contributed by atoms with Gasteiger partial charge in [-0.3, -0.25) is 9.27 Å². The standard InChI is InChI=1S/C4H5N3O2S/c8-10(9)7-4-2-1-3-5-6-4/h1-3H,(H,6,7)(H,8,9). The average molecular weight is 159 g/mol. The molecule has 0 spiro atoms. The number of aromatic nitrogens is 2. The lowest BCUT2D eigenvalue weighted by molar-refractivity contribution is 0.570. The number of hydrogen-bond acceptors (Lipinski definition) is 3. The molecule has 0 radical (unpaired) electrons. The summed E-state index contributed by atoms with van der Waals surface area (Å²) in [5.74, 6) is 0.281. The minimum absolute atomic E-state index is 0.281. The van der Waals surface area contributed by atoms with E-state index in [0.29, 0.717) is 0 Å². The van der Waals surface area contributed by atoms with Crippen LogP contribution in [0.2, 0.25) is 0 Å². The lowest BCUT2D eigenvalue weighted by atomic mass is 10.6. The zero-order valence-corrected chi connectivity index (χ0v) is 5.71. The van der Waals surface area contributed by atoms with Gasteiger partial charge in [0, 0.05) is 6.20 Å². The van der Waals surface area contributed by atoms with Crippen molar-refractivity contribution in [1.82, 2.24) is 10.2 Å². The van der Waals surface area contributed by atoms with Crippen molar-refractivity contribution in [3.8, 4) is 0 Å². The molecule has 0 bridgehead atoms. The molecule has 1 unspecified atom stereocenters. The van der Waals surface area contributed by atoms with Crippen LogP contribution in [-0.2, 0) is 11.3 Å². The van der Waals surface area contributed by atoms with Crippen LogP contribution in [0.25, 0.3) is 0 Å². The lowest BCUT2D eigenvalue weighted by Crippen LogP contribution is -2.03. The quantitative estimate of drug-likeness (QED) is 0.597. The minimum atomic E-state index is -2.07. The second-order valence-corrected chi connectivity index (χ2v) is 2.16. The number of nitrogens with zero attached hydrogens (tertiary/aromatic N) is 2.